The second kappa shape index (κ2) is 15.2. The van der Waals surface area contributed by atoms with Crippen LogP contribution in [-0.4, -0.2) is 58.5 Å². The van der Waals surface area contributed by atoms with Gasteiger partial charge in [0.05, 0.1) is 45.1 Å². The molecule has 53 heavy (non-hydrogen) atoms. The summed E-state index contributed by atoms with van der Waals surface area (Å²) >= 11 is 0. The lowest BCUT2D eigenvalue weighted by Crippen LogP contribution is -2.38. The molecule has 1 amide bonds. The van der Waals surface area contributed by atoms with Crippen molar-refractivity contribution in [3.8, 4) is 17.6 Å². The number of hydrogen-bond donors (Lipinski definition) is 1. The molecule has 1 unspecified atom stereocenters. The van der Waals surface area contributed by atoms with Gasteiger partial charge in [-0.1, -0.05) is 72.8 Å². The number of nitriles is 1. The standard InChI is InChI=1S/C41H36FN6O5/c1-26(22-43)34-35(42)33(53-40(34)48-25-46-36-37(44-24-45-38(36)48)47-39(49)27-10-6-4-7-11-27)23-52-41(28-12-8-5-9-13-28,29-14-18-31(50-2)19-15-29)30-16-20-32(51-3)21-17-30/h4-21,24-26,33-35,40H,1,23H2,2-3H3,(H,44,45,47,49)/t26?,33-,34-,35+,40-/m1/s1. The van der Waals surface area contributed by atoms with E-state index in [2.05, 4.69) is 33.3 Å². The Morgan fingerprint density at radius 2 is 1.49 bits per heavy atom. The normalized spacial score (nSPS) is 19.0. The zero-order chi connectivity index (χ0) is 37.0. The van der Waals surface area contributed by atoms with Crippen molar-refractivity contribution in [3.63, 3.8) is 0 Å². The minimum absolute atomic E-state index is 0.173. The first-order chi connectivity index (χ1) is 25.9. The fraction of sp³-hybridized carbons (Fsp3) is 0.220. The van der Waals surface area contributed by atoms with Crippen LogP contribution in [-0.2, 0) is 15.1 Å². The Bertz CT molecular complexity index is 2160. The molecule has 6 aromatic rings. The molecule has 0 aliphatic carbocycles. The first-order valence-corrected chi connectivity index (χ1v) is 16.9. The Balaban J connectivity index is 1.25. The maximum atomic E-state index is 16.8. The molecule has 1 N–H and O–H groups in total. The van der Waals surface area contributed by atoms with E-state index in [0.717, 1.165) is 16.7 Å². The van der Waals surface area contributed by atoms with Crippen molar-refractivity contribution in [1.29, 1.82) is 5.26 Å². The lowest BCUT2D eigenvalue weighted by atomic mass is 9.80. The van der Waals surface area contributed by atoms with Gasteiger partial charge in [0.15, 0.2) is 17.0 Å². The molecule has 267 valence electrons. The maximum Gasteiger partial charge on any atom is 0.256 e. The summed E-state index contributed by atoms with van der Waals surface area (Å²) in [5.41, 5.74) is 2.10. The van der Waals surface area contributed by atoms with Crippen LogP contribution < -0.4 is 14.8 Å². The molecule has 4 aromatic carbocycles. The van der Waals surface area contributed by atoms with Gasteiger partial charge in [0, 0.05) is 5.56 Å². The molecule has 1 saturated heterocycles. The molecular weight excluding hydrogens is 675 g/mol. The van der Waals surface area contributed by atoms with E-state index in [-0.39, 0.29) is 29.5 Å². The Morgan fingerprint density at radius 1 is 0.906 bits per heavy atom. The van der Waals surface area contributed by atoms with Crippen LogP contribution >= 0.6 is 0 Å². The van der Waals surface area contributed by atoms with E-state index in [0.29, 0.717) is 17.1 Å². The van der Waals surface area contributed by atoms with Gasteiger partial charge < -0.3 is 24.3 Å². The van der Waals surface area contributed by atoms with Gasteiger partial charge in [-0.3, -0.25) is 9.36 Å². The number of nitrogens with one attached hydrogen (secondary N) is 1. The molecule has 3 heterocycles. The van der Waals surface area contributed by atoms with E-state index < -0.39 is 35.9 Å². The van der Waals surface area contributed by atoms with Crippen LogP contribution in [0.15, 0.2) is 122 Å². The maximum absolute atomic E-state index is 16.8. The third kappa shape index (κ3) is 6.68. The van der Waals surface area contributed by atoms with E-state index in [4.69, 9.17) is 18.9 Å². The van der Waals surface area contributed by atoms with Crippen LogP contribution in [0.2, 0.25) is 0 Å². The van der Waals surface area contributed by atoms with Crippen molar-refractivity contribution in [2.24, 2.45) is 11.8 Å². The van der Waals surface area contributed by atoms with Crippen LogP contribution in [0, 0.1) is 30.1 Å². The zero-order valence-corrected chi connectivity index (χ0v) is 29.0. The molecule has 11 nitrogen and oxygen atoms in total. The Hall–Kier alpha value is -6.16. The zero-order valence-electron chi connectivity index (χ0n) is 29.0. The lowest BCUT2D eigenvalue weighted by Gasteiger charge is -2.37. The first-order valence-electron chi connectivity index (χ1n) is 16.9. The highest BCUT2D eigenvalue weighted by Crippen LogP contribution is 2.46. The minimum Gasteiger partial charge on any atom is -0.497 e. The summed E-state index contributed by atoms with van der Waals surface area (Å²) in [7, 11) is 3.19. The highest BCUT2D eigenvalue weighted by molar-refractivity contribution is 6.06. The highest BCUT2D eigenvalue weighted by Gasteiger charge is 2.50. The van der Waals surface area contributed by atoms with Gasteiger partial charge in [-0.25, -0.2) is 19.3 Å². The molecule has 5 atom stereocenters. The SMILES string of the molecule is [CH2]C(C#N)[C@@H]1[C@@H](F)[C@@H](COC(c2ccccc2)(c2ccc(OC)cc2)c2ccc(OC)cc2)O[C@H]1n1cnc2c(NC(=O)c3ccccc3)ncnc21. The average Bonchev–Trinajstić information content (AvgIpc) is 3.80. The number of nitrogens with zero attached hydrogens (tertiary/aromatic N) is 5. The molecule has 0 bridgehead atoms. The fourth-order valence-electron chi connectivity index (χ4n) is 6.82. The summed E-state index contributed by atoms with van der Waals surface area (Å²) in [5.74, 6) is -0.900. The summed E-state index contributed by atoms with van der Waals surface area (Å²) < 4.78 is 42.7. The van der Waals surface area contributed by atoms with Gasteiger partial charge in [0.1, 0.15) is 41.9 Å². The number of anilines is 1. The van der Waals surface area contributed by atoms with Crippen molar-refractivity contribution < 1.29 is 28.1 Å². The van der Waals surface area contributed by atoms with Gasteiger partial charge in [-0.15, -0.1) is 0 Å². The molecule has 1 radical (unpaired) electrons. The fourth-order valence-corrected chi connectivity index (χ4v) is 6.82. The average molecular weight is 712 g/mol. The quantitative estimate of drug-likeness (QED) is 0.134. The van der Waals surface area contributed by atoms with E-state index in [1.54, 1.807) is 43.1 Å². The van der Waals surface area contributed by atoms with Crippen LogP contribution in [0.1, 0.15) is 33.3 Å². The monoisotopic (exact) mass is 711 g/mol. The summed E-state index contributed by atoms with van der Waals surface area (Å²) in [6.45, 7) is 3.76. The van der Waals surface area contributed by atoms with E-state index in [9.17, 15) is 10.1 Å². The number of amides is 1. The number of carbonyl (C=O) groups excluding carboxylic acids is 1. The van der Waals surface area contributed by atoms with E-state index >= 15 is 4.39 Å². The number of hydrogen-bond acceptors (Lipinski definition) is 9. The molecule has 2 aromatic heterocycles. The predicted molar refractivity (Wildman–Crippen MR) is 195 cm³/mol. The highest BCUT2D eigenvalue weighted by atomic mass is 19.1. The van der Waals surface area contributed by atoms with Crippen molar-refractivity contribution >= 4 is 22.9 Å². The third-order valence-corrected chi connectivity index (χ3v) is 9.54. The van der Waals surface area contributed by atoms with Crippen molar-refractivity contribution in [1.82, 2.24) is 19.5 Å². The van der Waals surface area contributed by atoms with E-state index in [1.807, 2.05) is 84.9 Å². The number of ether oxygens (including phenoxy) is 4. The van der Waals surface area contributed by atoms with Crippen LogP contribution in [0.5, 0.6) is 11.5 Å². The first kappa shape index (κ1) is 35.3. The smallest absolute Gasteiger partial charge is 0.256 e. The second-order valence-corrected chi connectivity index (χ2v) is 12.5. The predicted octanol–water partition coefficient (Wildman–Crippen LogP) is 6.93. The van der Waals surface area contributed by atoms with Gasteiger partial charge in [0.2, 0.25) is 0 Å². The summed E-state index contributed by atoms with van der Waals surface area (Å²) in [6.07, 6.45) is -1.11. The van der Waals surface area contributed by atoms with Gasteiger partial charge in [-0.2, -0.15) is 5.26 Å². The third-order valence-electron chi connectivity index (χ3n) is 9.54. The summed E-state index contributed by atoms with van der Waals surface area (Å²) in [4.78, 5) is 26.1. The van der Waals surface area contributed by atoms with E-state index in [1.165, 1.54) is 12.7 Å². The van der Waals surface area contributed by atoms with Gasteiger partial charge >= 0.3 is 0 Å². The largest absolute Gasteiger partial charge is 0.497 e. The number of carbonyl (C=O) groups is 1. The number of alkyl halides is 1. The Labute approximate surface area is 306 Å². The summed E-state index contributed by atoms with van der Waals surface area (Å²) in [5, 5.41) is 12.8. The molecular formula is C41H36FN6O5. The molecule has 12 heteroatoms. The lowest BCUT2D eigenvalue weighted by molar-refractivity contribution is -0.0870. The van der Waals surface area contributed by atoms with Crippen molar-refractivity contribution in [2.75, 3.05) is 26.1 Å². The van der Waals surface area contributed by atoms with Crippen molar-refractivity contribution in [3.05, 3.63) is 151 Å². The van der Waals surface area contributed by atoms with Crippen LogP contribution in [0.25, 0.3) is 11.2 Å². The molecule has 1 aliphatic rings. The number of halogens is 1. The number of rotatable bonds is 12. The molecule has 7 rings (SSSR count). The molecule has 0 spiro atoms. The molecule has 1 aliphatic heterocycles. The van der Waals surface area contributed by atoms with Gasteiger partial charge in [-0.05, 0) is 60.0 Å². The molecule has 0 saturated carbocycles. The summed E-state index contributed by atoms with van der Waals surface area (Å²) in [6, 6.07) is 35.5. The topological polar surface area (TPSA) is 133 Å². The number of methoxy groups -OCH3 is 2. The number of benzene rings is 4. The molecule has 1 fully saturated rings. The minimum atomic E-state index is -1.67. The number of imidazole rings is 1. The Morgan fingerprint density at radius 3 is 2.08 bits per heavy atom. The van der Waals surface area contributed by atoms with Gasteiger partial charge in [0.25, 0.3) is 5.91 Å². The number of aromatic nitrogens is 4. The van der Waals surface area contributed by atoms with Crippen molar-refractivity contribution in [2.45, 2.75) is 24.1 Å². The number of fused-ring (bicyclic) bond motifs is 1. The Kier molecular flexibility index (Phi) is 10.1. The van der Waals surface area contributed by atoms with Crippen LogP contribution in [0.4, 0.5) is 10.2 Å². The second-order valence-electron chi connectivity index (χ2n) is 12.5. The van der Waals surface area contributed by atoms with Crippen LogP contribution in [0.3, 0.4) is 0 Å².